The number of ether oxygens (including phenoxy) is 2. The first-order chi connectivity index (χ1) is 16.4. The van der Waals surface area contributed by atoms with Crippen LogP contribution in [0.25, 0.3) is 0 Å². The lowest BCUT2D eigenvalue weighted by Gasteiger charge is -2.30. The highest BCUT2D eigenvalue weighted by molar-refractivity contribution is 6.00. The van der Waals surface area contributed by atoms with E-state index in [0.29, 0.717) is 35.6 Å². The lowest BCUT2D eigenvalue weighted by molar-refractivity contribution is -0.137. The van der Waals surface area contributed by atoms with Gasteiger partial charge in [-0.15, -0.1) is 0 Å². The molecule has 2 aromatic rings. The Bertz CT molecular complexity index is 1210. The molecular weight excluding hydrogens is 438 g/mol. The standard InChI is InChI=1S/C25H23N3O6/c1-28(20-6-9-24(31)27-25(20)32)13-19-10-17(2-5-18(19)14-29)12-26-23(30)8-4-16-3-7-21-22(11-16)34-15-33-21/h2-3,5,7,10-11,14,20H,6,9,12-13,15H2,1H3,(H,26,30)(H,27,31,32). The van der Waals surface area contributed by atoms with Crippen molar-refractivity contribution in [2.75, 3.05) is 13.8 Å². The molecular formula is C25H23N3O6. The molecule has 0 aromatic heterocycles. The van der Waals surface area contributed by atoms with Crippen molar-refractivity contribution in [2.24, 2.45) is 0 Å². The third kappa shape index (κ3) is 5.42. The number of rotatable bonds is 6. The first-order valence-electron chi connectivity index (χ1n) is 10.7. The van der Waals surface area contributed by atoms with Gasteiger partial charge in [0.15, 0.2) is 11.5 Å². The number of carbonyl (C=O) groups excluding carboxylic acids is 4. The Hall–Kier alpha value is -4.16. The Kier molecular flexibility index (Phi) is 6.90. The second-order valence-corrected chi connectivity index (χ2v) is 8.03. The van der Waals surface area contributed by atoms with Crippen LogP contribution >= 0.6 is 0 Å². The molecule has 0 radical (unpaired) electrons. The molecule has 2 N–H and O–H groups in total. The van der Waals surface area contributed by atoms with Crippen LogP contribution < -0.4 is 20.1 Å². The van der Waals surface area contributed by atoms with Gasteiger partial charge in [-0.2, -0.15) is 0 Å². The van der Waals surface area contributed by atoms with Gasteiger partial charge in [0.1, 0.15) is 6.29 Å². The maximum absolute atomic E-state index is 12.2. The number of nitrogens with zero attached hydrogens (tertiary/aromatic N) is 1. The monoisotopic (exact) mass is 461 g/mol. The summed E-state index contributed by atoms with van der Waals surface area (Å²) in [4.78, 5) is 49.1. The van der Waals surface area contributed by atoms with E-state index >= 15 is 0 Å². The van der Waals surface area contributed by atoms with E-state index in [0.717, 1.165) is 17.4 Å². The van der Waals surface area contributed by atoms with Gasteiger partial charge in [-0.05, 0) is 42.8 Å². The summed E-state index contributed by atoms with van der Waals surface area (Å²) in [5, 5.41) is 5.08. The van der Waals surface area contributed by atoms with E-state index in [2.05, 4.69) is 22.5 Å². The fourth-order valence-corrected chi connectivity index (χ4v) is 3.83. The van der Waals surface area contributed by atoms with Crippen molar-refractivity contribution < 1.29 is 28.7 Å². The average Bonchev–Trinajstić information content (AvgIpc) is 3.29. The number of benzene rings is 2. The van der Waals surface area contributed by atoms with Gasteiger partial charge in [0.2, 0.25) is 18.6 Å². The maximum Gasteiger partial charge on any atom is 0.296 e. The van der Waals surface area contributed by atoms with Crippen LogP contribution in [0.3, 0.4) is 0 Å². The topological polar surface area (TPSA) is 114 Å². The van der Waals surface area contributed by atoms with Gasteiger partial charge in [0.05, 0.1) is 6.04 Å². The number of piperidine rings is 1. The molecule has 4 rings (SSSR count). The molecule has 0 aliphatic carbocycles. The summed E-state index contributed by atoms with van der Waals surface area (Å²) in [6.07, 6.45) is 1.46. The van der Waals surface area contributed by atoms with Crippen molar-refractivity contribution in [3.8, 4) is 23.3 Å². The van der Waals surface area contributed by atoms with E-state index < -0.39 is 11.9 Å². The van der Waals surface area contributed by atoms with Gasteiger partial charge in [0, 0.05) is 36.6 Å². The molecule has 174 valence electrons. The summed E-state index contributed by atoms with van der Waals surface area (Å²) < 4.78 is 10.6. The first-order valence-corrected chi connectivity index (χ1v) is 10.7. The normalized spacial score (nSPS) is 16.5. The van der Waals surface area contributed by atoms with Crippen molar-refractivity contribution in [1.29, 1.82) is 0 Å². The zero-order valence-corrected chi connectivity index (χ0v) is 18.6. The van der Waals surface area contributed by atoms with Crippen molar-refractivity contribution in [1.82, 2.24) is 15.5 Å². The van der Waals surface area contributed by atoms with Crippen LogP contribution in [0.5, 0.6) is 11.5 Å². The molecule has 2 aliphatic heterocycles. The average molecular weight is 461 g/mol. The summed E-state index contributed by atoms with van der Waals surface area (Å²) in [7, 11) is 1.77. The Morgan fingerprint density at radius 3 is 2.82 bits per heavy atom. The number of fused-ring (bicyclic) bond motifs is 1. The fraction of sp³-hybridized carbons (Fsp3) is 0.280. The molecule has 3 amide bonds. The van der Waals surface area contributed by atoms with Crippen LogP contribution in [0.1, 0.15) is 39.9 Å². The van der Waals surface area contributed by atoms with E-state index in [9.17, 15) is 19.2 Å². The van der Waals surface area contributed by atoms with Gasteiger partial charge in [-0.1, -0.05) is 24.1 Å². The van der Waals surface area contributed by atoms with Crippen LogP contribution in [-0.4, -0.2) is 48.8 Å². The number of hydrogen-bond acceptors (Lipinski definition) is 7. The summed E-state index contributed by atoms with van der Waals surface area (Å²) in [6.45, 7) is 0.732. The number of nitrogens with one attached hydrogen (secondary N) is 2. The van der Waals surface area contributed by atoms with E-state index in [1.54, 1.807) is 37.4 Å². The zero-order chi connectivity index (χ0) is 24.1. The lowest BCUT2D eigenvalue weighted by atomic mass is 10.0. The lowest BCUT2D eigenvalue weighted by Crippen LogP contribution is -2.51. The SMILES string of the molecule is CN(Cc1cc(CNC(=O)C#Cc2ccc3c(c2)OCO3)ccc1C=O)C1CCC(=O)NC1=O. The van der Waals surface area contributed by atoms with E-state index in [1.807, 2.05) is 11.0 Å². The number of carbonyl (C=O) groups is 4. The van der Waals surface area contributed by atoms with Crippen LogP contribution in [0.15, 0.2) is 36.4 Å². The first kappa shape index (κ1) is 23.0. The maximum atomic E-state index is 12.2. The van der Waals surface area contributed by atoms with E-state index in [1.165, 1.54) is 0 Å². The highest BCUT2D eigenvalue weighted by atomic mass is 16.7. The van der Waals surface area contributed by atoms with Crippen molar-refractivity contribution in [3.63, 3.8) is 0 Å². The van der Waals surface area contributed by atoms with Crippen LogP contribution in [0.2, 0.25) is 0 Å². The third-order valence-corrected chi connectivity index (χ3v) is 5.64. The largest absolute Gasteiger partial charge is 0.454 e. The van der Waals surface area contributed by atoms with Gasteiger partial charge >= 0.3 is 0 Å². The van der Waals surface area contributed by atoms with Crippen LogP contribution in [0.4, 0.5) is 0 Å². The molecule has 1 saturated heterocycles. The Morgan fingerprint density at radius 2 is 2.03 bits per heavy atom. The second kappa shape index (κ2) is 10.2. The highest BCUT2D eigenvalue weighted by Crippen LogP contribution is 2.32. The molecule has 0 saturated carbocycles. The number of amides is 3. The van der Waals surface area contributed by atoms with Crippen LogP contribution in [0, 0.1) is 11.8 Å². The molecule has 9 nitrogen and oxygen atoms in total. The molecule has 2 heterocycles. The zero-order valence-electron chi connectivity index (χ0n) is 18.6. The highest BCUT2D eigenvalue weighted by Gasteiger charge is 2.30. The smallest absolute Gasteiger partial charge is 0.296 e. The molecule has 1 atom stereocenters. The Labute approximate surface area is 196 Å². The minimum Gasteiger partial charge on any atom is -0.454 e. The summed E-state index contributed by atoms with van der Waals surface area (Å²) >= 11 is 0. The molecule has 0 spiro atoms. The van der Waals surface area contributed by atoms with Crippen molar-refractivity contribution in [2.45, 2.75) is 32.0 Å². The van der Waals surface area contributed by atoms with E-state index in [4.69, 9.17) is 9.47 Å². The minimum absolute atomic E-state index is 0.168. The number of aldehydes is 1. The minimum atomic E-state index is -0.452. The predicted molar refractivity (Wildman–Crippen MR) is 121 cm³/mol. The van der Waals surface area contributed by atoms with Crippen LogP contribution in [-0.2, 0) is 27.5 Å². The molecule has 1 unspecified atom stereocenters. The molecule has 0 bridgehead atoms. The molecule has 2 aliphatic rings. The molecule has 9 heteroatoms. The molecule has 1 fully saturated rings. The molecule has 2 aromatic carbocycles. The van der Waals surface area contributed by atoms with Gasteiger partial charge in [-0.25, -0.2) is 0 Å². The number of hydrogen-bond donors (Lipinski definition) is 2. The third-order valence-electron chi connectivity index (χ3n) is 5.64. The summed E-state index contributed by atoms with van der Waals surface area (Å²) in [6, 6.07) is 10.0. The second-order valence-electron chi connectivity index (χ2n) is 8.03. The predicted octanol–water partition coefficient (Wildman–Crippen LogP) is 1.13. The van der Waals surface area contributed by atoms with Gasteiger partial charge in [-0.3, -0.25) is 29.4 Å². The number of likely N-dealkylation sites (N-methyl/N-ethyl adjacent to an activating group) is 1. The Morgan fingerprint density at radius 1 is 1.21 bits per heavy atom. The Balaban J connectivity index is 1.38. The van der Waals surface area contributed by atoms with Crippen molar-refractivity contribution in [3.05, 3.63) is 58.7 Å². The fourth-order valence-electron chi connectivity index (χ4n) is 3.83. The van der Waals surface area contributed by atoms with E-state index in [-0.39, 0.29) is 31.6 Å². The molecule has 34 heavy (non-hydrogen) atoms. The number of imide groups is 1. The van der Waals surface area contributed by atoms with Crippen molar-refractivity contribution >= 4 is 24.0 Å². The van der Waals surface area contributed by atoms with Gasteiger partial charge < -0.3 is 14.8 Å². The van der Waals surface area contributed by atoms with Gasteiger partial charge in [0.25, 0.3) is 5.91 Å². The summed E-state index contributed by atoms with van der Waals surface area (Å²) in [5.41, 5.74) is 2.64. The summed E-state index contributed by atoms with van der Waals surface area (Å²) in [5.74, 6) is 5.53. The quantitative estimate of drug-likeness (QED) is 0.377.